The number of carbonyl (C=O) groups excluding carboxylic acids is 1. The van der Waals surface area contributed by atoms with E-state index in [9.17, 15) is 4.79 Å². The van der Waals surface area contributed by atoms with Gasteiger partial charge in [-0.05, 0) is 12.0 Å². The van der Waals surface area contributed by atoms with Gasteiger partial charge >= 0.3 is 0 Å². The van der Waals surface area contributed by atoms with E-state index in [-0.39, 0.29) is 5.91 Å². The highest BCUT2D eigenvalue weighted by molar-refractivity contribution is 5.82. The van der Waals surface area contributed by atoms with E-state index in [1.807, 2.05) is 30.3 Å². The van der Waals surface area contributed by atoms with Crippen molar-refractivity contribution in [1.29, 1.82) is 0 Å². The summed E-state index contributed by atoms with van der Waals surface area (Å²) in [5.74, 6) is -0.193. The van der Waals surface area contributed by atoms with Crippen LogP contribution in [0.1, 0.15) is 24.9 Å². The van der Waals surface area contributed by atoms with Crippen molar-refractivity contribution in [3.8, 4) is 0 Å². The van der Waals surface area contributed by atoms with Crippen LogP contribution in [-0.2, 0) is 14.3 Å². The van der Waals surface area contributed by atoms with Gasteiger partial charge in [0.15, 0.2) is 0 Å². The van der Waals surface area contributed by atoms with Gasteiger partial charge in [-0.15, -0.1) is 0 Å². The predicted molar refractivity (Wildman–Crippen MR) is 78.3 cm³/mol. The second kappa shape index (κ2) is 10.4. The average Bonchev–Trinajstić information content (AvgIpc) is 2.50. The summed E-state index contributed by atoms with van der Waals surface area (Å²) in [5, 5.41) is 2.75. The van der Waals surface area contributed by atoms with Crippen molar-refractivity contribution < 1.29 is 14.3 Å². The standard InChI is InChI=1S/C15H24N2O3/c1-2-9-19-11-12-20-10-8-17-15(18)14(16)13-6-4-3-5-7-13/h3-7,14H,2,8-12,16H2,1H3,(H,17,18)/t14-/m0/s1. The molecule has 0 saturated carbocycles. The first-order valence-electron chi connectivity index (χ1n) is 6.99. The molecule has 0 radical (unpaired) electrons. The van der Waals surface area contributed by atoms with Gasteiger partial charge in [0.05, 0.1) is 19.8 Å². The fraction of sp³-hybridized carbons (Fsp3) is 0.533. The number of ether oxygens (including phenoxy) is 2. The van der Waals surface area contributed by atoms with E-state index in [4.69, 9.17) is 15.2 Å². The van der Waals surface area contributed by atoms with E-state index < -0.39 is 6.04 Å². The normalized spacial score (nSPS) is 12.1. The van der Waals surface area contributed by atoms with Crippen LogP contribution in [0, 0.1) is 0 Å². The molecule has 1 amide bonds. The predicted octanol–water partition coefficient (Wildman–Crippen LogP) is 1.25. The maximum Gasteiger partial charge on any atom is 0.241 e. The highest BCUT2D eigenvalue weighted by Crippen LogP contribution is 2.08. The molecule has 1 rings (SSSR count). The number of hydrogen-bond donors (Lipinski definition) is 2. The molecule has 1 atom stereocenters. The Morgan fingerprint density at radius 3 is 2.45 bits per heavy atom. The molecule has 20 heavy (non-hydrogen) atoms. The van der Waals surface area contributed by atoms with Crippen molar-refractivity contribution in [3.05, 3.63) is 35.9 Å². The van der Waals surface area contributed by atoms with Gasteiger partial charge in [0.25, 0.3) is 0 Å². The summed E-state index contributed by atoms with van der Waals surface area (Å²) in [5.41, 5.74) is 6.67. The molecule has 0 aliphatic rings. The molecule has 0 aliphatic heterocycles. The number of hydrogen-bond acceptors (Lipinski definition) is 4. The molecule has 112 valence electrons. The van der Waals surface area contributed by atoms with E-state index in [1.165, 1.54) is 0 Å². The average molecular weight is 280 g/mol. The van der Waals surface area contributed by atoms with Gasteiger partial charge in [0.1, 0.15) is 6.04 Å². The lowest BCUT2D eigenvalue weighted by Gasteiger charge is -2.12. The quantitative estimate of drug-likeness (QED) is 0.633. The van der Waals surface area contributed by atoms with Gasteiger partial charge in [-0.2, -0.15) is 0 Å². The summed E-state index contributed by atoms with van der Waals surface area (Å²) in [7, 11) is 0. The molecule has 5 nitrogen and oxygen atoms in total. The number of rotatable bonds is 10. The Kier molecular flexibility index (Phi) is 8.62. The fourth-order valence-electron chi connectivity index (χ4n) is 1.63. The Balaban J connectivity index is 2.08. The van der Waals surface area contributed by atoms with Crippen molar-refractivity contribution in [1.82, 2.24) is 5.32 Å². The molecule has 0 aromatic heterocycles. The van der Waals surface area contributed by atoms with Gasteiger partial charge in [0, 0.05) is 13.2 Å². The van der Waals surface area contributed by atoms with Gasteiger partial charge < -0.3 is 20.5 Å². The molecule has 0 heterocycles. The molecule has 5 heteroatoms. The lowest BCUT2D eigenvalue weighted by molar-refractivity contribution is -0.122. The number of nitrogens with two attached hydrogens (primary N) is 1. The molecule has 0 unspecified atom stereocenters. The third-order valence-electron chi connectivity index (χ3n) is 2.71. The van der Waals surface area contributed by atoms with Gasteiger partial charge in [-0.25, -0.2) is 0 Å². The van der Waals surface area contributed by atoms with Gasteiger partial charge in [-0.1, -0.05) is 37.3 Å². The molecule has 0 bridgehead atoms. The smallest absolute Gasteiger partial charge is 0.241 e. The molecule has 3 N–H and O–H groups in total. The second-order valence-electron chi connectivity index (χ2n) is 4.40. The second-order valence-corrected chi connectivity index (χ2v) is 4.40. The molecule has 0 spiro atoms. The van der Waals surface area contributed by atoms with Crippen molar-refractivity contribution in [2.45, 2.75) is 19.4 Å². The van der Waals surface area contributed by atoms with Crippen molar-refractivity contribution in [3.63, 3.8) is 0 Å². The van der Waals surface area contributed by atoms with Crippen LogP contribution in [0.25, 0.3) is 0 Å². The minimum Gasteiger partial charge on any atom is -0.379 e. The Hall–Kier alpha value is -1.43. The molecule has 0 aliphatic carbocycles. The minimum atomic E-state index is -0.635. The summed E-state index contributed by atoms with van der Waals surface area (Å²) in [4.78, 5) is 11.8. The molecular weight excluding hydrogens is 256 g/mol. The monoisotopic (exact) mass is 280 g/mol. The molecular formula is C15H24N2O3. The van der Waals surface area contributed by atoms with E-state index in [2.05, 4.69) is 12.2 Å². The highest BCUT2D eigenvalue weighted by atomic mass is 16.5. The summed E-state index contributed by atoms with van der Waals surface area (Å²) in [6.07, 6.45) is 1.01. The van der Waals surface area contributed by atoms with Crippen LogP contribution in [0.4, 0.5) is 0 Å². The Labute approximate surface area is 120 Å². The van der Waals surface area contributed by atoms with E-state index in [0.717, 1.165) is 18.6 Å². The number of nitrogens with one attached hydrogen (secondary N) is 1. The van der Waals surface area contributed by atoms with Crippen LogP contribution >= 0.6 is 0 Å². The van der Waals surface area contributed by atoms with Crippen LogP contribution < -0.4 is 11.1 Å². The third kappa shape index (κ3) is 6.65. The summed E-state index contributed by atoms with van der Waals surface area (Å²) < 4.78 is 10.6. The van der Waals surface area contributed by atoms with Gasteiger partial charge in [0.2, 0.25) is 5.91 Å². The first kappa shape index (κ1) is 16.6. The SMILES string of the molecule is CCCOCCOCCNC(=O)[C@@H](N)c1ccccc1. The van der Waals surface area contributed by atoms with Crippen LogP contribution in [0.2, 0.25) is 0 Å². The van der Waals surface area contributed by atoms with Crippen LogP contribution in [-0.4, -0.2) is 38.9 Å². The maximum absolute atomic E-state index is 11.8. The minimum absolute atomic E-state index is 0.193. The van der Waals surface area contributed by atoms with E-state index in [0.29, 0.717) is 26.4 Å². The largest absolute Gasteiger partial charge is 0.379 e. The lowest BCUT2D eigenvalue weighted by atomic mass is 10.1. The number of amides is 1. The molecule has 0 saturated heterocycles. The van der Waals surface area contributed by atoms with Gasteiger partial charge in [-0.3, -0.25) is 4.79 Å². The molecule has 1 aromatic rings. The Morgan fingerprint density at radius 2 is 1.80 bits per heavy atom. The number of carbonyl (C=O) groups is 1. The van der Waals surface area contributed by atoms with Crippen molar-refractivity contribution in [2.24, 2.45) is 5.73 Å². The Morgan fingerprint density at radius 1 is 1.15 bits per heavy atom. The van der Waals surface area contributed by atoms with Crippen molar-refractivity contribution >= 4 is 5.91 Å². The zero-order valence-corrected chi connectivity index (χ0v) is 12.0. The van der Waals surface area contributed by atoms with E-state index in [1.54, 1.807) is 0 Å². The van der Waals surface area contributed by atoms with Crippen LogP contribution in [0.15, 0.2) is 30.3 Å². The maximum atomic E-state index is 11.8. The lowest BCUT2D eigenvalue weighted by Crippen LogP contribution is -2.36. The molecule has 1 aromatic carbocycles. The topological polar surface area (TPSA) is 73.6 Å². The van der Waals surface area contributed by atoms with Crippen LogP contribution in [0.5, 0.6) is 0 Å². The first-order chi connectivity index (χ1) is 9.75. The zero-order valence-electron chi connectivity index (χ0n) is 12.0. The highest BCUT2D eigenvalue weighted by Gasteiger charge is 2.14. The Bertz CT molecular complexity index is 371. The summed E-state index contributed by atoms with van der Waals surface area (Å²) in [6, 6.07) is 8.66. The first-order valence-corrected chi connectivity index (χ1v) is 6.99. The van der Waals surface area contributed by atoms with E-state index >= 15 is 0 Å². The summed E-state index contributed by atoms with van der Waals surface area (Å²) >= 11 is 0. The third-order valence-corrected chi connectivity index (χ3v) is 2.71. The zero-order chi connectivity index (χ0) is 14.6. The van der Waals surface area contributed by atoms with Crippen molar-refractivity contribution in [2.75, 3.05) is 33.0 Å². The molecule has 0 fully saturated rings. The number of benzene rings is 1. The fourth-order valence-corrected chi connectivity index (χ4v) is 1.63. The summed E-state index contributed by atoms with van der Waals surface area (Å²) in [6.45, 7) is 4.86. The van der Waals surface area contributed by atoms with Crippen LogP contribution in [0.3, 0.4) is 0 Å².